The van der Waals surface area contributed by atoms with Crippen LogP contribution < -0.4 is 15.2 Å². The first-order valence-corrected chi connectivity index (χ1v) is 9.31. The number of aryl methyl sites for hydroxylation is 1. The number of sulfonamides is 1. The number of nitrogens with one attached hydrogen (secondary N) is 1. The first kappa shape index (κ1) is 19.6. The lowest BCUT2D eigenvalue weighted by Crippen LogP contribution is -2.41. The molecule has 0 radical (unpaired) electrons. The molecule has 0 saturated carbocycles. The zero-order valence-electron chi connectivity index (χ0n) is 14.4. The number of nitrogens with two attached hydrogens (primary N) is 1. The molecule has 1 aromatic carbocycles. The lowest BCUT2D eigenvalue weighted by atomic mass is 9.90. The van der Waals surface area contributed by atoms with Gasteiger partial charge in [0.25, 0.3) is 10.0 Å². The van der Waals surface area contributed by atoms with E-state index in [1.165, 1.54) is 12.5 Å². The van der Waals surface area contributed by atoms with Crippen LogP contribution in [0.25, 0.3) is 0 Å². The van der Waals surface area contributed by atoms with Crippen LogP contribution in [0.3, 0.4) is 0 Å². The van der Waals surface area contributed by atoms with E-state index >= 15 is 0 Å². The molecule has 1 aliphatic rings. The highest BCUT2D eigenvalue weighted by Crippen LogP contribution is 2.40. The Bertz CT molecular complexity index is 864. The average molecular weight is 387 g/mol. The minimum atomic E-state index is -3.73. The molecule has 0 bridgehead atoms. The van der Waals surface area contributed by atoms with Gasteiger partial charge >= 0.3 is 0 Å². The number of fused-ring (bicyclic) bond motifs is 1. The number of anilines is 1. The molecular weight excluding hydrogens is 364 g/mol. The van der Waals surface area contributed by atoms with Crippen molar-refractivity contribution in [2.75, 3.05) is 5.73 Å². The normalized spacial score (nSPS) is 18.8. The van der Waals surface area contributed by atoms with Crippen molar-refractivity contribution < 1.29 is 13.2 Å². The van der Waals surface area contributed by atoms with E-state index in [-0.39, 0.29) is 17.4 Å². The molecule has 3 rings (SSSR count). The summed E-state index contributed by atoms with van der Waals surface area (Å²) in [7, 11) is -3.73. The van der Waals surface area contributed by atoms with Gasteiger partial charge in [0.1, 0.15) is 11.4 Å². The molecule has 0 aliphatic carbocycles. The van der Waals surface area contributed by atoms with Crippen molar-refractivity contribution in [2.24, 2.45) is 0 Å². The molecule has 1 aromatic heterocycles. The molecule has 9 heteroatoms. The molecule has 138 valence electrons. The first-order valence-electron chi connectivity index (χ1n) is 7.83. The number of nitrogen functional groups attached to an aromatic ring is 1. The van der Waals surface area contributed by atoms with Crippen molar-refractivity contribution in [3.63, 3.8) is 0 Å². The Morgan fingerprint density at radius 1 is 1.44 bits per heavy atom. The van der Waals surface area contributed by atoms with E-state index in [0.29, 0.717) is 24.4 Å². The molecule has 25 heavy (non-hydrogen) atoms. The van der Waals surface area contributed by atoms with Crippen LogP contribution in [0.2, 0.25) is 0 Å². The van der Waals surface area contributed by atoms with Crippen molar-refractivity contribution in [3.05, 3.63) is 36.3 Å². The van der Waals surface area contributed by atoms with Gasteiger partial charge in [-0.15, -0.1) is 12.4 Å². The zero-order valence-corrected chi connectivity index (χ0v) is 16.0. The van der Waals surface area contributed by atoms with E-state index in [2.05, 4.69) is 9.71 Å². The number of aromatic nitrogens is 2. The van der Waals surface area contributed by atoms with Crippen LogP contribution in [0.1, 0.15) is 38.8 Å². The third kappa shape index (κ3) is 4.08. The van der Waals surface area contributed by atoms with Crippen LogP contribution in [0, 0.1) is 0 Å². The summed E-state index contributed by atoms with van der Waals surface area (Å²) in [5, 5.41) is 0.0131. The standard InChI is InChI=1S/C16H22N4O3S.ClH/c1-4-20-9-15(18-10-20)24(21,22)19-13-8-16(2,3)23-14-6-5-11(17)7-12(13)14;/h5-7,9-10,13,19H,4,8,17H2,1-3H3;1H. The highest BCUT2D eigenvalue weighted by molar-refractivity contribution is 7.89. The van der Waals surface area contributed by atoms with Gasteiger partial charge in [-0.2, -0.15) is 0 Å². The quantitative estimate of drug-likeness (QED) is 0.786. The van der Waals surface area contributed by atoms with Gasteiger partial charge < -0.3 is 15.0 Å². The molecule has 1 atom stereocenters. The van der Waals surface area contributed by atoms with Gasteiger partial charge in [0.05, 0.1) is 12.4 Å². The second-order valence-corrected chi connectivity index (χ2v) is 8.24. The smallest absolute Gasteiger partial charge is 0.260 e. The van der Waals surface area contributed by atoms with E-state index in [4.69, 9.17) is 10.5 Å². The highest BCUT2D eigenvalue weighted by Gasteiger charge is 2.36. The fourth-order valence-corrected chi connectivity index (χ4v) is 4.04. The van der Waals surface area contributed by atoms with Crippen LogP contribution in [-0.4, -0.2) is 23.6 Å². The van der Waals surface area contributed by atoms with E-state index in [1.807, 2.05) is 20.8 Å². The zero-order chi connectivity index (χ0) is 17.5. The third-order valence-corrected chi connectivity index (χ3v) is 5.39. The highest BCUT2D eigenvalue weighted by atomic mass is 35.5. The SMILES string of the molecule is CCn1cnc(S(=O)(=O)NC2CC(C)(C)Oc3ccc(N)cc32)c1.Cl. The lowest BCUT2D eigenvalue weighted by molar-refractivity contribution is 0.0702. The summed E-state index contributed by atoms with van der Waals surface area (Å²) in [6, 6.07) is 4.85. The Morgan fingerprint density at radius 2 is 2.16 bits per heavy atom. The van der Waals surface area contributed by atoms with Crippen LogP contribution in [0.15, 0.2) is 35.7 Å². The van der Waals surface area contributed by atoms with Crippen molar-refractivity contribution in [3.8, 4) is 5.75 Å². The minimum absolute atomic E-state index is 0. The second kappa shape index (κ2) is 6.86. The van der Waals surface area contributed by atoms with Gasteiger partial charge in [-0.25, -0.2) is 18.1 Å². The molecule has 3 N–H and O–H groups in total. The topological polar surface area (TPSA) is 99.2 Å². The molecule has 2 heterocycles. The number of ether oxygens (including phenoxy) is 1. The number of nitrogens with zero attached hydrogens (tertiary/aromatic N) is 2. The van der Waals surface area contributed by atoms with Crippen LogP contribution >= 0.6 is 12.4 Å². The predicted octanol–water partition coefficient (Wildman–Crippen LogP) is 2.49. The third-order valence-electron chi connectivity index (χ3n) is 4.04. The monoisotopic (exact) mass is 386 g/mol. The molecule has 0 saturated heterocycles. The Hall–Kier alpha value is -1.77. The number of imidazole rings is 1. The van der Waals surface area contributed by atoms with E-state index in [9.17, 15) is 8.42 Å². The molecule has 0 spiro atoms. The van der Waals surface area contributed by atoms with Crippen molar-refractivity contribution in [2.45, 2.75) is 50.4 Å². The van der Waals surface area contributed by atoms with Gasteiger partial charge in [0, 0.05) is 30.4 Å². The van der Waals surface area contributed by atoms with Crippen LogP contribution in [-0.2, 0) is 16.6 Å². The summed E-state index contributed by atoms with van der Waals surface area (Å²) in [6.45, 7) is 6.44. The van der Waals surface area contributed by atoms with Crippen molar-refractivity contribution in [1.29, 1.82) is 0 Å². The maximum absolute atomic E-state index is 12.7. The number of benzene rings is 1. The number of halogens is 1. The van der Waals surface area contributed by atoms with Gasteiger partial charge in [0.15, 0.2) is 5.03 Å². The fraction of sp³-hybridized carbons (Fsp3) is 0.438. The van der Waals surface area contributed by atoms with Crippen molar-refractivity contribution in [1.82, 2.24) is 14.3 Å². The van der Waals surface area contributed by atoms with Crippen LogP contribution in [0.5, 0.6) is 5.75 Å². The molecule has 2 aromatic rings. The molecule has 7 nitrogen and oxygen atoms in total. The Kier molecular flexibility index (Phi) is 5.36. The Labute approximate surface area is 154 Å². The van der Waals surface area contributed by atoms with E-state index in [0.717, 1.165) is 5.56 Å². The molecule has 0 fully saturated rings. The number of hydrogen-bond donors (Lipinski definition) is 2. The van der Waals surface area contributed by atoms with Crippen LogP contribution in [0.4, 0.5) is 5.69 Å². The Morgan fingerprint density at radius 3 is 2.80 bits per heavy atom. The second-order valence-electron chi connectivity index (χ2n) is 6.58. The van der Waals surface area contributed by atoms with E-state index < -0.39 is 21.7 Å². The molecular formula is C16H23ClN4O3S. The van der Waals surface area contributed by atoms with Gasteiger partial charge in [0.2, 0.25) is 0 Å². The van der Waals surface area contributed by atoms with Gasteiger partial charge in [-0.05, 0) is 39.0 Å². The largest absolute Gasteiger partial charge is 0.487 e. The maximum Gasteiger partial charge on any atom is 0.260 e. The average Bonchev–Trinajstić information content (AvgIpc) is 2.97. The van der Waals surface area contributed by atoms with Gasteiger partial charge in [-0.3, -0.25) is 0 Å². The molecule has 0 amide bonds. The number of rotatable bonds is 4. The molecule has 1 aliphatic heterocycles. The summed E-state index contributed by atoms with van der Waals surface area (Å²) in [5.74, 6) is 0.646. The summed E-state index contributed by atoms with van der Waals surface area (Å²) in [5.41, 5.74) is 6.68. The van der Waals surface area contributed by atoms with Gasteiger partial charge in [-0.1, -0.05) is 0 Å². The maximum atomic E-state index is 12.7. The van der Waals surface area contributed by atoms with Crippen molar-refractivity contribution >= 4 is 28.1 Å². The summed E-state index contributed by atoms with van der Waals surface area (Å²) in [4.78, 5) is 3.99. The summed E-state index contributed by atoms with van der Waals surface area (Å²) >= 11 is 0. The predicted molar refractivity (Wildman–Crippen MR) is 98.4 cm³/mol. The lowest BCUT2D eigenvalue weighted by Gasteiger charge is -2.37. The Balaban J connectivity index is 0.00000225. The molecule has 1 unspecified atom stereocenters. The summed E-state index contributed by atoms with van der Waals surface area (Å²) < 4.78 is 35.8. The fourth-order valence-electron chi connectivity index (χ4n) is 2.88. The van der Waals surface area contributed by atoms with E-state index in [1.54, 1.807) is 22.8 Å². The minimum Gasteiger partial charge on any atom is -0.487 e. The summed E-state index contributed by atoms with van der Waals surface area (Å²) in [6.07, 6.45) is 3.53. The first-order chi connectivity index (χ1) is 11.2. The number of hydrogen-bond acceptors (Lipinski definition) is 5.